The molecule has 8 nitrogen and oxygen atoms in total. The molecule has 26 heavy (non-hydrogen) atoms. The maximum absolute atomic E-state index is 12.5. The van der Waals surface area contributed by atoms with Crippen molar-refractivity contribution in [3.05, 3.63) is 24.3 Å². The van der Waals surface area contributed by atoms with Gasteiger partial charge in [-0.25, -0.2) is 17.9 Å². The summed E-state index contributed by atoms with van der Waals surface area (Å²) in [7, 11) is 1.19. The molecule has 1 aromatic rings. The summed E-state index contributed by atoms with van der Waals surface area (Å²) in [5.41, 5.74) is 0. The van der Waals surface area contributed by atoms with E-state index < -0.39 is 10.0 Å². The smallest absolute Gasteiger partial charge is 0.319 e. The molecule has 1 saturated heterocycles. The summed E-state index contributed by atoms with van der Waals surface area (Å²) >= 11 is 0. The molecule has 0 aliphatic carbocycles. The molecular formula is C17H27N3O5S. The van der Waals surface area contributed by atoms with Gasteiger partial charge < -0.3 is 19.3 Å². The lowest BCUT2D eigenvalue weighted by molar-refractivity contribution is 0.0421. The van der Waals surface area contributed by atoms with Crippen molar-refractivity contribution < 1.29 is 22.7 Å². The minimum absolute atomic E-state index is 0.0555. The molecule has 0 aromatic heterocycles. The van der Waals surface area contributed by atoms with Crippen LogP contribution in [0.3, 0.4) is 0 Å². The number of carbonyl (C=O) groups is 1. The highest BCUT2D eigenvalue weighted by Gasteiger charge is 2.27. The molecule has 9 heteroatoms. The lowest BCUT2D eigenvalue weighted by Crippen LogP contribution is -2.50. The van der Waals surface area contributed by atoms with Crippen molar-refractivity contribution in [1.29, 1.82) is 0 Å². The Labute approximate surface area is 155 Å². The van der Waals surface area contributed by atoms with Crippen LogP contribution in [0, 0.1) is 0 Å². The molecule has 2 amide bonds. The summed E-state index contributed by atoms with van der Waals surface area (Å²) in [6.07, 6.45) is 1.50. The maximum Gasteiger partial charge on any atom is 0.319 e. The van der Waals surface area contributed by atoms with Gasteiger partial charge in [0.05, 0.1) is 12.0 Å². The first-order chi connectivity index (χ1) is 12.3. The van der Waals surface area contributed by atoms with Crippen molar-refractivity contribution in [3.63, 3.8) is 0 Å². The van der Waals surface area contributed by atoms with E-state index in [1.807, 2.05) is 0 Å². The second kappa shape index (κ2) is 9.20. The largest absolute Gasteiger partial charge is 0.497 e. The minimum atomic E-state index is -3.67. The van der Waals surface area contributed by atoms with Crippen LogP contribution in [0.15, 0.2) is 29.2 Å². The standard InChI is InChI=1S/C17H27N3O5S/c1-19(2)17(21)20(14-7-11-25-12-8-14)10-9-18-26(22,23)16-6-4-5-15(13-16)24-3/h4-6,13-14,18H,7-12H2,1-3H3. The minimum Gasteiger partial charge on any atom is -0.497 e. The summed E-state index contributed by atoms with van der Waals surface area (Å²) in [6.45, 7) is 1.65. The van der Waals surface area contributed by atoms with Crippen LogP contribution in [-0.2, 0) is 14.8 Å². The number of nitrogens with one attached hydrogen (secondary N) is 1. The first-order valence-corrected chi connectivity index (χ1v) is 10.0. The number of methoxy groups -OCH3 is 1. The number of sulfonamides is 1. The first-order valence-electron chi connectivity index (χ1n) is 8.54. The molecule has 0 bridgehead atoms. The van der Waals surface area contributed by atoms with E-state index >= 15 is 0 Å². The number of hydrogen-bond donors (Lipinski definition) is 1. The first kappa shape index (κ1) is 20.5. The molecule has 1 heterocycles. The van der Waals surface area contributed by atoms with E-state index in [0.717, 1.165) is 12.8 Å². The van der Waals surface area contributed by atoms with E-state index in [4.69, 9.17) is 9.47 Å². The molecule has 2 rings (SSSR count). The van der Waals surface area contributed by atoms with Crippen LogP contribution in [0.25, 0.3) is 0 Å². The van der Waals surface area contributed by atoms with Crippen LogP contribution in [0.5, 0.6) is 5.75 Å². The van der Waals surface area contributed by atoms with E-state index in [2.05, 4.69) is 4.72 Å². The molecule has 1 aliphatic heterocycles. The van der Waals surface area contributed by atoms with Gasteiger partial charge in [-0.1, -0.05) is 6.07 Å². The topological polar surface area (TPSA) is 88.2 Å². The zero-order chi connectivity index (χ0) is 19.2. The molecule has 1 N–H and O–H groups in total. The summed E-state index contributed by atoms with van der Waals surface area (Å²) < 4.78 is 37.9. The number of benzene rings is 1. The number of hydrogen-bond acceptors (Lipinski definition) is 5. The van der Waals surface area contributed by atoms with E-state index in [1.54, 1.807) is 31.1 Å². The van der Waals surface area contributed by atoms with Gasteiger partial charge in [0.2, 0.25) is 10.0 Å². The van der Waals surface area contributed by atoms with Crippen LogP contribution in [0.1, 0.15) is 12.8 Å². The Bertz CT molecular complexity index is 702. The molecule has 1 aliphatic rings. The molecular weight excluding hydrogens is 358 g/mol. The molecule has 0 radical (unpaired) electrons. The van der Waals surface area contributed by atoms with Crippen LogP contribution in [-0.4, -0.2) is 77.8 Å². The quantitative estimate of drug-likeness (QED) is 0.760. The molecule has 1 fully saturated rings. The van der Waals surface area contributed by atoms with Crippen molar-refractivity contribution >= 4 is 16.1 Å². The Morgan fingerprint density at radius 3 is 2.62 bits per heavy atom. The van der Waals surface area contributed by atoms with Gasteiger partial charge >= 0.3 is 6.03 Å². The second-order valence-electron chi connectivity index (χ2n) is 6.29. The number of carbonyl (C=O) groups excluding carboxylic acids is 1. The van der Waals surface area contributed by atoms with E-state index in [1.165, 1.54) is 24.1 Å². The number of amides is 2. The summed E-state index contributed by atoms with van der Waals surface area (Å²) in [5.74, 6) is 0.472. The van der Waals surface area contributed by atoms with Crippen LogP contribution < -0.4 is 9.46 Å². The van der Waals surface area contributed by atoms with Crippen LogP contribution in [0.4, 0.5) is 4.79 Å². The second-order valence-corrected chi connectivity index (χ2v) is 8.06. The zero-order valence-corrected chi connectivity index (χ0v) is 16.3. The van der Waals surface area contributed by atoms with Crippen LogP contribution in [0.2, 0.25) is 0 Å². The Balaban J connectivity index is 2.02. The highest BCUT2D eigenvalue weighted by atomic mass is 32.2. The summed E-state index contributed by atoms with van der Waals surface area (Å²) in [6, 6.07) is 6.20. The predicted molar refractivity (Wildman–Crippen MR) is 97.8 cm³/mol. The van der Waals surface area contributed by atoms with Gasteiger partial charge in [0.25, 0.3) is 0 Å². The van der Waals surface area contributed by atoms with E-state index in [-0.39, 0.29) is 23.5 Å². The van der Waals surface area contributed by atoms with Crippen molar-refractivity contribution in [1.82, 2.24) is 14.5 Å². The highest BCUT2D eigenvalue weighted by Crippen LogP contribution is 2.18. The molecule has 0 atom stereocenters. The number of ether oxygens (including phenoxy) is 2. The van der Waals surface area contributed by atoms with Gasteiger partial charge in [0.1, 0.15) is 5.75 Å². The van der Waals surface area contributed by atoms with Gasteiger partial charge in [-0.3, -0.25) is 0 Å². The fourth-order valence-corrected chi connectivity index (χ4v) is 3.90. The molecule has 0 saturated carbocycles. The lowest BCUT2D eigenvalue weighted by atomic mass is 10.1. The Kier molecular flexibility index (Phi) is 7.24. The predicted octanol–water partition coefficient (Wildman–Crippen LogP) is 1.14. The molecule has 146 valence electrons. The zero-order valence-electron chi connectivity index (χ0n) is 15.5. The third-order valence-corrected chi connectivity index (χ3v) is 5.71. The van der Waals surface area contributed by atoms with Gasteiger partial charge in [-0.15, -0.1) is 0 Å². The molecule has 0 unspecified atom stereocenters. The van der Waals surface area contributed by atoms with Crippen molar-refractivity contribution in [2.75, 3.05) is 47.5 Å². The highest BCUT2D eigenvalue weighted by molar-refractivity contribution is 7.89. The third kappa shape index (κ3) is 5.33. The third-order valence-electron chi connectivity index (χ3n) is 4.26. The molecule has 1 aromatic carbocycles. The van der Waals surface area contributed by atoms with Crippen molar-refractivity contribution in [2.45, 2.75) is 23.8 Å². The van der Waals surface area contributed by atoms with E-state index in [9.17, 15) is 13.2 Å². The summed E-state index contributed by atoms with van der Waals surface area (Å²) in [5, 5.41) is 0. The lowest BCUT2D eigenvalue weighted by Gasteiger charge is -2.36. The Morgan fingerprint density at radius 1 is 1.31 bits per heavy atom. The normalized spacial score (nSPS) is 15.5. The number of urea groups is 1. The fraction of sp³-hybridized carbons (Fsp3) is 0.588. The summed E-state index contributed by atoms with van der Waals surface area (Å²) in [4.78, 5) is 15.8. The van der Waals surface area contributed by atoms with Crippen molar-refractivity contribution in [3.8, 4) is 5.75 Å². The SMILES string of the molecule is COc1cccc(S(=O)(=O)NCCN(C(=O)N(C)C)C2CCOCC2)c1. The van der Waals surface area contributed by atoms with Gasteiger partial charge in [-0.05, 0) is 25.0 Å². The van der Waals surface area contributed by atoms with Gasteiger partial charge in [-0.2, -0.15) is 0 Å². The Hall–Kier alpha value is -1.84. The van der Waals surface area contributed by atoms with Crippen LogP contribution >= 0.6 is 0 Å². The fourth-order valence-electron chi connectivity index (χ4n) is 2.84. The van der Waals surface area contributed by atoms with Gasteiger partial charge in [0, 0.05) is 52.5 Å². The average Bonchev–Trinajstić information content (AvgIpc) is 2.65. The average molecular weight is 385 g/mol. The monoisotopic (exact) mass is 385 g/mol. The number of rotatable bonds is 7. The Morgan fingerprint density at radius 2 is 2.00 bits per heavy atom. The number of nitrogens with zero attached hydrogens (tertiary/aromatic N) is 2. The maximum atomic E-state index is 12.5. The molecule has 0 spiro atoms. The van der Waals surface area contributed by atoms with Gasteiger partial charge in [0.15, 0.2) is 0 Å². The van der Waals surface area contributed by atoms with E-state index in [0.29, 0.717) is 25.5 Å². The van der Waals surface area contributed by atoms with Crippen molar-refractivity contribution in [2.24, 2.45) is 0 Å².